The van der Waals surface area contributed by atoms with E-state index in [1.165, 1.54) is 23.1 Å². The van der Waals surface area contributed by atoms with Crippen molar-refractivity contribution in [1.82, 2.24) is 14.5 Å². The number of Topliss-reactive ketones (excluding diaryl/α,β-unsaturated/α-hetero) is 1. The third-order valence-electron chi connectivity index (χ3n) is 7.41. The number of carbonyl (C=O) groups excluding carboxylic acids is 1. The predicted octanol–water partition coefficient (Wildman–Crippen LogP) is 7.04. The Kier molecular flexibility index (Phi) is 11.0. The summed E-state index contributed by atoms with van der Waals surface area (Å²) >= 11 is 11.8. The van der Waals surface area contributed by atoms with Crippen LogP contribution in [0.1, 0.15) is 41.8 Å². The second-order valence-corrected chi connectivity index (χ2v) is 11.8. The van der Waals surface area contributed by atoms with Gasteiger partial charge in [-0.1, -0.05) is 61.8 Å². The minimum Gasteiger partial charge on any atom is -0.333 e. The molecule has 0 aliphatic rings. The SMILES string of the molecule is CC(C)[C@H](C(=O)Cc1cncn1Cc1ccc(C#N)cc1)C(N)N(Cc1ccccc1C(F)(F)F)C(=S)Nc1cccc(Cl)c1. The predicted molar refractivity (Wildman–Crippen MR) is 172 cm³/mol. The Morgan fingerprint density at radius 3 is 2.49 bits per heavy atom. The number of imidazole rings is 1. The highest BCUT2D eigenvalue weighted by Gasteiger charge is 2.37. The van der Waals surface area contributed by atoms with Crippen LogP contribution in [0.3, 0.4) is 0 Å². The van der Waals surface area contributed by atoms with Crippen LogP contribution in [0.15, 0.2) is 85.3 Å². The molecule has 0 bridgehead atoms. The number of nitrogens with two attached hydrogens (primary N) is 1. The fourth-order valence-electron chi connectivity index (χ4n) is 5.16. The number of hydrogen-bond acceptors (Lipinski definition) is 5. The molecule has 0 amide bonds. The van der Waals surface area contributed by atoms with E-state index in [1.807, 2.05) is 30.5 Å². The number of alkyl halides is 3. The first-order chi connectivity index (χ1) is 21.4. The summed E-state index contributed by atoms with van der Waals surface area (Å²) in [6.45, 7) is 3.81. The summed E-state index contributed by atoms with van der Waals surface area (Å²) < 4.78 is 43.7. The van der Waals surface area contributed by atoms with E-state index in [9.17, 15) is 18.0 Å². The second kappa shape index (κ2) is 14.7. The monoisotopic (exact) mass is 652 g/mol. The van der Waals surface area contributed by atoms with Crippen molar-refractivity contribution < 1.29 is 18.0 Å². The molecule has 234 valence electrons. The topological polar surface area (TPSA) is 100.0 Å². The molecule has 2 atom stereocenters. The number of anilines is 1. The quantitative estimate of drug-likeness (QED) is 0.132. The summed E-state index contributed by atoms with van der Waals surface area (Å²) in [6, 6.07) is 21.1. The molecule has 0 fully saturated rings. The number of aromatic nitrogens is 2. The van der Waals surface area contributed by atoms with Gasteiger partial charge < -0.3 is 20.5 Å². The van der Waals surface area contributed by atoms with Gasteiger partial charge in [-0.25, -0.2) is 4.98 Å². The molecular weight excluding hydrogens is 621 g/mol. The van der Waals surface area contributed by atoms with Gasteiger partial charge in [0.05, 0.1) is 35.6 Å². The highest BCUT2D eigenvalue weighted by atomic mass is 35.5. The molecular formula is C33H32ClF3N6OS. The molecule has 3 aromatic carbocycles. The van der Waals surface area contributed by atoms with Crippen molar-refractivity contribution in [2.24, 2.45) is 17.6 Å². The Morgan fingerprint density at radius 1 is 1.13 bits per heavy atom. The Hall–Kier alpha value is -4.24. The van der Waals surface area contributed by atoms with Crippen molar-refractivity contribution in [3.8, 4) is 6.07 Å². The first-order valence-corrected chi connectivity index (χ1v) is 14.9. The molecule has 0 aliphatic heterocycles. The number of nitriles is 1. The van der Waals surface area contributed by atoms with Crippen LogP contribution in [0.5, 0.6) is 0 Å². The van der Waals surface area contributed by atoms with Gasteiger partial charge in [0.1, 0.15) is 5.78 Å². The summed E-state index contributed by atoms with van der Waals surface area (Å²) in [5.74, 6) is -1.30. The normalized spacial score (nSPS) is 12.8. The molecule has 12 heteroatoms. The lowest BCUT2D eigenvalue weighted by Crippen LogP contribution is -2.55. The van der Waals surface area contributed by atoms with Gasteiger partial charge in [-0.2, -0.15) is 18.4 Å². The van der Waals surface area contributed by atoms with Gasteiger partial charge in [0.2, 0.25) is 0 Å². The Morgan fingerprint density at radius 2 is 1.84 bits per heavy atom. The van der Waals surface area contributed by atoms with Gasteiger partial charge in [0, 0.05) is 42.1 Å². The van der Waals surface area contributed by atoms with E-state index in [2.05, 4.69) is 16.4 Å². The van der Waals surface area contributed by atoms with E-state index in [-0.39, 0.29) is 35.3 Å². The maximum Gasteiger partial charge on any atom is 0.416 e. The molecule has 4 aromatic rings. The van der Waals surface area contributed by atoms with Gasteiger partial charge in [-0.3, -0.25) is 4.79 Å². The van der Waals surface area contributed by atoms with E-state index in [4.69, 9.17) is 34.8 Å². The molecule has 3 N–H and O–H groups in total. The van der Waals surface area contributed by atoms with Gasteiger partial charge in [-0.05, 0) is 65.7 Å². The number of halogens is 4. The molecule has 45 heavy (non-hydrogen) atoms. The summed E-state index contributed by atoms with van der Waals surface area (Å²) in [5.41, 5.74) is 8.58. The minimum absolute atomic E-state index is 0.00567. The van der Waals surface area contributed by atoms with Crippen molar-refractivity contribution in [3.05, 3.63) is 118 Å². The van der Waals surface area contributed by atoms with Crippen LogP contribution in [-0.4, -0.2) is 31.5 Å². The van der Waals surface area contributed by atoms with E-state index in [0.717, 1.165) is 11.6 Å². The van der Waals surface area contributed by atoms with Crippen molar-refractivity contribution in [2.75, 3.05) is 5.32 Å². The third kappa shape index (κ3) is 8.69. The maximum absolute atomic E-state index is 14.0. The number of thiocarbonyl (C=S) groups is 1. The zero-order valence-corrected chi connectivity index (χ0v) is 26.2. The molecule has 7 nitrogen and oxygen atoms in total. The van der Waals surface area contributed by atoms with Crippen LogP contribution in [0, 0.1) is 23.2 Å². The van der Waals surface area contributed by atoms with Gasteiger partial charge >= 0.3 is 6.18 Å². The van der Waals surface area contributed by atoms with Crippen molar-refractivity contribution >= 4 is 40.4 Å². The lowest BCUT2D eigenvalue weighted by atomic mass is 9.86. The number of carbonyl (C=O) groups is 1. The average molecular weight is 653 g/mol. The number of hydrogen-bond donors (Lipinski definition) is 2. The fraction of sp³-hybridized carbons (Fsp3) is 0.273. The van der Waals surface area contributed by atoms with Crippen molar-refractivity contribution in [1.29, 1.82) is 5.26 Å². The third-order valence-corrected chi connectivity index (χ3v) is 7.98. The first kappa shape index (κ1) is 33.6. The number of nitrogens with one attached hydrogen (secondary N) is 1. The summed E-state index contributed by atoms with van der Waals surface area (Å²) in [5, 5.41) is 12.6. The standard InChI is InChI=1S/C33H32ClF3N6OS/c1-21(2)30(29(44)15-27-17-40-20-42(27)18-23-12-10-22(16-38)11-13-23)31(39)43(32(45)41-26-8-5-7-25(34)14-26)19-24-6-3-4-9-28(24)33(35,36)37/h3-14,17,20-21,30-31H,15,18-19,39H2,1-2H3,(H,41,45)/t30-,31?/m1/s1. The number of nitrogens with zero attached hydrogens (tertiary/aromatic N) is 4. The maximum atomic E-state index is 14.0. The molecule has 0 saturated heterocycles. The fourth-order valence-corrected chi connectivity index (χ4v) is 5.65. The lowest BCUT2D eigenvalue weighted by molar-refractivity contribution is -0.138. The van der Waals surface area contributed by atoms with Gasteiger partial charge in [0.15, 0.2) is 5.11 Å². The van der Waals surface area contributed by atoms with Crippen LogP contribution in [-0.2, 0) is 30.5 Å². The first-order valence-electron chi connectivity index (χ1n) is 14.1. The number of rotatable bonds is 11. The summed E-state index contributed by atoms with van der Waals surface area (Å²) in [6.07, 6.45) is -2.46. The average Bonchev–Trinajstić information content (AvgIpc) is 3.41. The van der Waals surface area contributed by atoms with E-state index in [0.29, 0.717) is 28.5 Å². The summed E-state index contributed by atoms with van der Waals surface area (Å²) in [7, 11) is 0. The Balaban J connectivity index is 1.63. The highest BCUT2D eigenvalue weighted by molar-refractivity contribution is 7.80. The van der Waals surface area contributed by atoms with Crippen LogP contribution in [0.4, 0.5) is 18.9 Å². The molecule has 0 radical (unpaired) electrons. The van der Waals surface area contributed by atoms with E-state index >= 15 is 0 Å². The molecule has 0 saturated carbocycles. The van der Waals surface area contributed by atoms with Gasteiger partial charge in [-0.15, -0.1) is 0 Å². The molecule has 4 rings (SSSR count). The van der Waals surface area contributed by atoms with Crippen LogP contribution >= 0.6 is 23.8 Å². The van der Waals surface area contributed by atoms with E-state index in [1.54, 1.807) is 48.9 Å². The van der Waals surface area contributed by atoms with Crippen LogP contribution < -0.4 is 11.1 Å². The second-order valence-electron chi connectivity index (χ2n) is 10.9. The zero-order chi connectivity index (χ0) is 32.7. The smallest absolute Gasteiger partial charge is 0.333 e. The minimum atomic E-state index is -4.60. The molecule has 1 heterocycles. The molecule has 0 spiro atoms. The van der Waals surface area contributed by atoms with Crippen molar-refractivity contribution in [3.63, 3.8) is 0 Å². The summed E-state index contributed by atoms with van der Waals surface area (Å²) in [4.78, 5) is 19.6. The zero-order valence-electron chi connectivity index (χ0n) is 24.6. The molecule has 1 unspecified atom stereocenters. The molecule has 1 aromatic heterocycles. The van der Waals surface area contributed by atoms with Crippen LogP contribution in [0.2, 0.25) is 5.02 Å². The van der Waals surface area contributed by atoms with Crippen molar-refractivity contribution in [2.45, 2.75) is 45.7 Å². The number of benzene rings is 3. The number of ketones is 1. The largest absolute Gasteiger partial charge is 0.416 e. The van der Waals surface area contributed by atoms with Gasteiger partial charge in [0.25, 0.3) is 0 Å². The van der Waals surface area contributed by atoms with E-state index < -0.39 is 23.8 Å². The Labute approximate surface area is 270 Å². The lowest BCUT2D eigenvalue weighted by Gasteiger charge is -2.38. The Bertz CT molecular complexity index is 1680. The van der Waals surface area contributed by atoms with Crippen LogP contribution in [0.25, 0.3) is 0 Å². The molecule has 0 aliphatic carbocycles. The highest BCUT2D eigenvalue weighted by Crippen LogP contribution is 2.33.